The lowest BCUT2D eigenvalue weighted by molar-refractivity contribution is -0.121. The third kappa shape index (κ3) is 3.07. The van der Waals surface area contributed by atoms with Crippen molar-refractivity contribution < 1.29 is 14.6 Å². The van der Waals surface area contributed by atoms with E-state index in [0.29, 0.717) is 22.9 Å². The summed E-state index contributed by atoms with van der Waals surface area (Å²) < 4.78 is 5.97. The number of hydrogen-bond donors (Lipinski definition) is 2. The zero-order chi connectivity index (χ0) is 19.9. The molecule has 2 aromatic rings. The van der Waals surface area contributed by atoms with Gasteiger partial charge < -0.3 is 15.6 Å². The van der Waals surface area contributed by atoms with Crippen LogP contribution in [0.3, 0.4) is 0 Å². The number of pyridine rings is 1. The Bertz CT molecular complexity index is 891. The number of aliphatic hydroxyl groups is 1. The van der Waals surface area contributed by atoms with Crippen LogP contribution in [0.25, 0.3) is 0 Å². The van der Waals surface area contributed by atoms with Gasteiger partial charge in [-0.05, 0) is 45.6 Å². The quantitative estimate of drug-likeness (QED) is 0.834. The molecule has 3 heterocycles. The normalized spacial score (nSPS) is 19.0. The predicted octanol–water partition coefficient (Wildman–Crippen LogP) is 2.61. The van der Waals surface area contributed by atoms with E-state index in [4.69, 9.17) is 10.5 Å². The summed E-state index contributed by atoms with van der Waals surface area (Å²) in [6, 6.07) is 3.57. The van der Waals surface area contributed by atoms with Crippen LogP contribution in [-0.2, 0) is 16.8 Å². The smallest absolute Gasteiger partial charge is 0.243 e. The SMILES string of the molecule is CC1(C)C(=O)N(c2ccc(OC3CCCCC3)nc2)c2nc(CO)nc(N)c21. The average Bonchev–Trinajstić information content (AvgIpc) is 2.89. The molecule has 2 aromatic heterocycles. The van der Waals surface area contributed by atoms with Crippen LogP contribution in [0, 0.1) is 0 Å². The van der Waals surface area contributed by atoms with Crippen LogP contribution in [0.1, 0.15) is 57.3 Å². The summed E-state index contributed by atoms with van der Waals surface area (Å²) in [6.07, 6.45) is 7.55. The van der Waals surface area contributed by atoms with Gasteiger partial charge in [0.25, 0.3) is 0 Å². The number of fused-ring (bicyclic) bond motifs is 1. The summed E-state index contributed by atoms with van der Waals surface area (Å²) in [6.45, 7) is 3.23. The van der Waals surface area contributed by atoms with E-state index < -0.39 is 5.41 Å². The molecule has 1 fully saturated rings. The van der Waals surface area contributed by atoms with Crippen LogP contribution in [0.2, 0.25) is 0 Å². The maximum atomic E-state index is 13.1. The molecule has 0 aromatic carbocycles. The summed E-state index contributed by atoms with van der Waals surface area (Å²) in [7, 11) is 0. The first-order chi connectivity index (χ1) is 13.4. The fraction of sp³-hybridized carbons (Fsp3) is 0.500. The van der Waals surface area contributed by atoms with E-state index in [9.17, 15) is 9.90 Å². The molecule has 1 aliphatic carbocycles. The van der Waals surface area contributed by atoms with Gasteiger partial charge in [-0.1, -0.05) is 6.42 Å². The van der Waals surface area contributed by atoms with E-state index in [2.05, 4.69) is 15.0 Å². The van der Waals surface area contributed by atoms with Gasteiger partial charge in [-0.15, -0.1) is 0 Å². The van der Waals surface area contributed by atoms with E-state index in [1.165, 1.54) is 24.2 Å². The van der Waals surface area contributed by atoms with Gasteiger partial charge in [0.05, 0.1) is 22.9 Å². The van der Waals surface area contributed by atoms with Crippen molar-refractivity contribution in [3.8, 4) is 5.88 Å². The first-order valence-corrected chi connectivity index (χ1v) is 9.67. The number of hydrogen-bond acceptors (Lipinski definition) is 7. The topological polar surface area (TPSA) is 114 Å². The summed E-state index contributed by atoms with van der Waals surface area (Å²) in [5.41, 5.74) is 6.35. The predicted molar refractivity (Wildman–Crippen MR) is 104 cm³/mol. The Labute approximate surface area is 163 Å². The number of rotatable bonds is 4. The number of carbonyl (C=O) groups is 1. The zero-order valence-corrected chi connectivity index (χ0v) is 16.2. The van der Waals surface area contributed by atoms with Gasteiger partial charge in [-0.25, -0.2) is 15.0 Å². The molecule has 0 saturated heterocycles. The van der Waals surface area contributed by atoms with E-state index >= 15 is 0 Å². The van der Waals surface area contributed by atoms with Crippen molar-refractivity contribution in [3.63, 3.8) is 0 Å². The Morgan fingerprint density at radius 3 is 2.64 bits per heavy atom. The molecule has 0 bridgehead atoms. The highest BCUT2D eigenvalue weighted by molar-refractivity contribution is 6.12. The minimum absolute atomic E-state index is 0.165. The highest BCUT2D eigenvalue weighted by Gasteiger charge is 2.48. The fourth-order valence-electron chi connectivity index (χ4n) is 4.00. The third-order valence-corrected chi connectivity index (χ3v) is 5.50. The van der Waals surface area contributed by atoms with E-state index in [1.807, 2.05) is 0 Å². The molecule has 28 heavy (non-hydrogen) atoms. The van der Waals surface area contributed by atoms with Crippen molar-refractivity contribution in [2.75, 3.05) is 10.6 Å². The second-order valence-electron chi connectivity index (χ2n) is 7.88. The molecule has 0 spiro atoms. The lowest BCUT2D eigenvalue weighted by Gasteiger charge is -2.23. The molecular formula is C20H25N5O3. The van der Waals surface area contributed by atoms with Crippen LogP contribution in [-0.4, -0.2) is 32.1 Å². The van der Waals surface area contributed by atoms with Crippen molar-refractivity contribution in [1.82, 2.24) is 15.0 Å². The molecule has 0 atom stereocenters. The monoisotopic (exact) mass is 383 g/mol. The van der Waals surface area contributed by atoms with Crippen molar-refractivity contribution in [3.05, 3.63) is 29.7 Å². The van der Waals surface area contributed by atoms with Crippen molar-refractivity contribution in [2.45, 2.75) is 64.1 Å². The molecule has 4 rings (SSSR count). The number of aromatic nitrogens is 3. The highest BCUT2D eigenvalue weighted by atomic mass is 16.5. The van der Waals surface area contributed by atoms with Crippen LogP contribution >= 0.6 is 0 Å². The molecule has 1 amide bonds. The highest BCUT2D eigenvalue weighted by Crippen LogP contribution is 2.46. The van der Waals surface area contributed by atoms with Gasteiger partial charge >= 0.3 is 0 Å². The Balaban J connectivity index is 1.66. The Morgan fingerprint density at radius 2 is 2.00 bits per heavy atom. The largest absolute Gasteiger partial charge is 0.474 e. The molecule has 2 aliphatic rings. The van der Waals surface area contributed by atoms with E-state index in [-0.39, 0.29) is 30.3 Å². The Morgan fingerprint density at radius 1 is 1.25 bits per heavy atom. The summed E-state index contributed by atoms with van der Waals surface area (Å²) in [5.74, 6) is 1.17. The van der Waals surface area contributed by atoms with Crippen molar-refractivity contribution >= 4 is 23.2 Å². The van der Waals surface area contributed by atoms with E-state index in [0.717, 1.165) is 12.8 Å². The summed E-state index contributed by atoms with van der Waals surface area (Å²) >= 11 is 0. The fourth-order valence-corrected chi connectivity index (χ4v) is 4.00. The number of nitrogens with two attached hydrogens (primary N) is 1. The molecule has 3 N–H and O–H groups in total. The molecular weight excluding hydrogens is 358 g/mol. The van der Waals surface area contributed by atoms with Gasteiger partial charge in [0, 0.05) is 6.07 Å². The maximum absolute atomic E-state index is 13.1. The number of amides is 1. The lowest BCUT2D eigenvalue weighted by atomic mass is 9.87. The second kappa shape index (κ2) is 7.01. The number of aliphatic hydroxyl groups excluding tert-OH is 1. The first kappa shape index (κ1) is 18.6. The molecule has 148 valence electrons. The van der Waals surface area contributed by atoms with Crippen LogP contribution in [0.4, 0.5) is 17.3 Å². The van der Waals surface area contributed by atoms with Crippen LogP contribution in [0.5, 0.6) is 5.88 Å². The number of ether oxygens (including phenoxy) is 1. The standard InChI is InChI=1S/C20H25N5O3/c1-20(2)16-17(21)23-14(11-26)24-18(16)25(19(20)27)12-8-9-15(22-10-12)28-13-6-4-3-5-7-13/h8-10,13,26H,3-7,11H2,1-2H3,(H2,21,23,24). The van der Waals surface area contributed by atoms with Crippen molar-refractivity contribution in [1.29, 1.82) is 0 Å². The Kier molecular flexibility index (Phi) is 4.66. The van der Waals surface area contributed by atoms with Gasteiger partial charge in [0.1, 0.15) is 24.3 Å². The van der Waals surface area contributed by atoms with Gasteiger partial charge in [0.15, 0.2) is 5.82 Å². The third-order valence-electron chi connectivity index (χ3n) is 5.50. The van der Waals surface area contributed by atoms with Gasteiger partial charge in [-0.2, -0.15) is 0 Å². The van der Waals surface area contributed by atoms with Crippen molar-refractivity contribution in [2.24, 2.45) is 0 Å². The van der Waals surface area contributed by atoms with Gasteiger partial charge in [0.2, 0.25) is 11.8 Å². The molecule has 8 heteroatoms. The number of nitrogens with zero attached hydrogens (tertiary/aromatic N) is 4. The second-order valence-corrected chi connectivity index (χ2v) is 7.88. The zero-order valence-electron chi connectivity index (χ0n) is 16.2. The summed E-state index contributed by atoms with van der Waals surface area (Å²) in [4.78, 5) is 27.5. The Hall–Kier alpha value is -2.74. The molecule has 8 nitrogen and oxygen atoms in total. The maximum Gasteiger partial charge on any atom is 0.243 e. The average molecular weight is 383 g/mol. The van der Waals surface area contributed by atoms with Crippen LogP contribution < -0.4 is 15.4 Å². The number of carbonyl (C=O) groups excluding carboxylic acids is 1. The molecule has 1 saturated carbocycles. The van der Waals surface area contributed by atoms with Crippen LogP contribution in [0.15, 0.2) is 18.3 Å². The van der Waals surface area contributed by atoms with E-state index in [1.54, 1.807) is 32.2 Å². The molecule has 0 radical (unpaired) electrons. The molecule has 1 aliphatic heterocycles. The minimum Gasteiger partial charge on any atom is -0.474 e. The lowest BCUT2D eigenvalue weighted by Crippen LogP contribution is -2.33. The number of nitrogen functional groups attached to an aromatic ring is 1. The van der Waals surface area contributed by atoms with Gasteiger partial charge in [-0.3, -0.25) is 9.69 Å². The molecule has 0 unspecified atom stereocenters. The minimum atomic E-state index is -0.870. The first-order valence-electron chi connectivity index (χ1n) is 9.67. The number of anilines is 3. The summed E-state index contributed by atoms with van der Waals surface area (Å²) in [5, 5.41) is 9.43.